The summed E-state index contributed by atoms with van der Waals surface area (Å²) in [7, 11) is 0. The number of hydrogen-bond donors (Lipinski definition) is 2. The summed E-state index contributed by atoms with van der Waals surface area (Å²) in [5.74, 6) is 0.0263. The van der Waals surface area contributed by atoms with Crippen LogP contribution in [0.4, 0.5) is 0 Å². The summed E-state index contributed by atoms with van der Waals surface area (Å²) in [6.45, 7) is 4.64. The minimum Gasteiger partial charge on any atom is -0.356 e. The molecule has 1 aromatic heterocycles. The molecule has 84 valence electrons. The van der Waals surface area contributed by atoms with E-state index >= 15 is 0 Å². The monoisotopic (exact) mass is 227 g/mol. The minimum absolute atomic E-state index is 0.0263. The normalized spacial score (nSPS) is 12.5. The first-order valence-corrected chi connectivity index (χ1v) is 5.98. The molecule has 0 saturated heterocycles. The zero-order chi connectivity index (χ0) is 11.3. The van der Waals surface area contributed by atoms with Crippen molar-refractivity contribution in [3.63, 3.8) is 0 Å². The van der Waals surface area contributed by atoms with Gasteiger partial charge in [-0.3, -0.25) is 4.79 Å². The number of carbonyl (C=O) groups is 1. The van der Waals surface area contributed by atoms with Crippen LogP contribution in [0.5, 0.6) is 0 Å². The van der Waals surface area contributed by atoms with Crippen LogP contribution in [0.15, 0.2) is 5.38 Å². The zero-order valence-electron chi connectivity index (χ0n) is 9.12. The molecule has 0 saturated carbocycles. The second-order valence-electron chi connectivity index (χ2n) is 3.49. The molecule has 1 atom stereocenters. The molecule has 0 fully saturated rings. The second kappa shape index (κ2) is 5.82. The van der Waals surface area contributed by atoms with Gasteiger partial charge < -0.3 is 11.1 Å². The Morgan fingerprint density at radius 3 is 3.00 bits per heavy atom. The van der Waals surface area contributed by atoms with Crippen LogP contribution in [0.1, 0.15) is 37.0 Å². The Morgan fingerprint density at radius 1 is 1.73 bits per heavy atom. The highest BCUT2D eigenvalue weighted by Gasteiger charge is 2.09. The summed E-state index contributed by atoms with van der Waals surface area (Å²) in [6, 6.07) is -0.0533. The van der Waals surface area contributed by atoms with E-state index in [2.05, 4.69) is 10.3 Å². The number of nitrogens with zero attached hydrogens (tertiary/aromatic N) is 1. The molecule has 0 spiro atoms. The summed E-state index contributed by atoms with van der Waals surface area (Å²) >= 11 is 1.51. The van der Waals surface area contributed by atoms with E-state index in [1.54, 1.807) is 0 Å². The third-order valence-electron chi connectivity index (χ3n) is 1.87. The molecule has 0 aliphatic carbocycles. The zero-order valence-corrected chi connectivity index (χ0v) is 9.93. The highest BCUT2D eigenvalue weighted by molar-refractivity contribution is 7.09. The van der Waals surface area contributed by atoms with Gasteiger partial charge in [-0.1, -0.05) is 6.92 Å². The molecule has 1 unspecified atom stereocenters. The molecule has 0 aliphatic rings. The van der Waals surface area contributed by atoms with Gasteiger partial charge in [0.25, 0.3) is 0 Å². The predicted molar refractivity (Wildman–Crippen MR) is 61.7 cm³/mol. The van der Waals surface area contributed by atoms with Gasteiger partial charge in [0, 0.05) is 11.9 Å². The van der Waals surface area contributed by atoms with Crippen molar-refractivity contribution in [2.24, 2.45) is 5.73 Å². The van der Waals surface area contributed by atoms with Gasteiger partial charge in [-0.25, -0.2) is 4.98 Å². The first-order valence-electron chi connectivity index (χ1n) is 5.10. The van der Waals surface area contributed by atoms with Crippen molar-refractivity contribution in [3.05, 3.63) is 16.1 Å². The molecule has 15 heavy (non-hydrogen) atoms. The summed E-state index contributed by atoms with van der Waals surface area (Å²) in [5, 5.41) is 5.59. The SMILES string of the molecule is CCCNC(=O)Cc1csc(C(C)N)n1. The van der Waals surface area contributed by atoms with Gasteiger partial charge >= 0.3 is 0 Å². The lowest BCUT2D eigenvalue weighted by molar-refractivity contribution is -0.120. The average molecular weight is 227 g/mol. The van der Waals surface area contributed by atoms with Crippen molar-refractivity contribution in [2.75, 3.05) is 6.54 Å². The number of nitrogens with two attached hydrogens (primary N) is 1. The molecule has 0 bridgehead atoms. The van der Waals surface area contributed by atoms with Gasteiger partial charge in [0.15, 0.2) is 0 Å². The number of thiazole rings is 1. The topological polar surface area (TPSA) is 68.0 Å². The Labute approximate surface area is 93.9 Å². The number of aromatic nitrogens is 1. The fraction of sp³-hybridized carbons (Fsp3) is 0.600. The molecular formula is C10H17N3OS. The van der Waals surface area contributed by atoms with Gasteiger partial charge in [0.05, 0.1) is 18.2 Å². The van der Waals surface area contributed by atoms with Crippen LogP contribution in [0.2, 0.25) is 0 Å². The average Bonchev–Trinajstić information content (AvgIpc) is 2.63. The Morgan fingerprint density at radius 2 is 2.47 bits per heavy atom. The van der Waals surface area contributed by atoms with Gasteiger partial charge in [0.1, 0.15) is 5.01 Å². The Bertz CT molecular complexity index is 322. The van der Waals surface area contributed by atoms with Crippen LogP contribution in [0, 0.1) is 0 Å². The van der Waals surface area contributed by atoms with E-state index in [1.165, 1.54) is 11.3 Å². The summed E-state index contributed by atoms with van der Waals surface area (Å²) < 4.78 is 0. The molecule has 5 heteroatoms. The maximum atomic E-state index is 11.4. The Kier molecular flexibility index (Phi) is 4.71. The maximum absolute atomic E-state index is 11.4. The lowest BCUT2D eigenvalue weighted by Gasteiger charge is -2.01. The molecule has 0 aliphatic heterocycles. The van der Waals surface area contributed by atoms with Crippen LogP contribution in [0.3, 0.4) is 0 Å². The number of carbonyl (C=O) groups excluding carboxylic acids is 1. The molecule has 4 nitrogen and oxygen atoms in total. The van der Waals surface area contributed by atoms with Crippen molar-refractivity contribution in [2.45, 2.75) is 32.7 Å². The molecule has 1 amide bonds. The standard InChI is InChI=1S/C10H17N3OS/c1-3-4-12-9(14)5-8-6-15-10(13-8)7(2)11/h6-7H,3-5,11H2,1-2H3,(H,12,14). The van der Waals surface area contributed by atoms with E-state index in [-0.39, 0.29) is 11.9 Å². The van der Waals surface area contributed by atoms with Gasteiger partial charge in [-0.2, -0.15) is 0 Å². The highest BCUT2D eigenvalue weighted by atomic mass is 32.1. The number of nitrogens with one attached hydrogen (secondary N) is 1. The van der Waals surface area contributed by atoms with Crippen LogP contribution < -0.4 is 11.1 Å². The maximum Gasteiger partial charge on any atom is 0.226 e. The third kappa shape index (κ3) is 3.97. The lowest BCUT2D eigenvalue weighted by Crippen LogP contribution is -2.25. The summed E-state index contributed by atoms with van der Waals surface area (Å²) in [6.07, 6.45) is 1.30. The highest BCUT2D eigenvalue weighted by Crippen LogP contribution is 2.15. The van der Waals surface area contributed by atoms with E-state index in [4.69, 9.17) is 5.73 Å². The van der Waals surface area contributed by atoms with E-state index in [1.807, 2.05) is 19.2 Å². The van der Waals surface area contributed by atoms with E-state index < -0.39 is 0 Å². The number of hydrogen-bond acceptors (Lipinski definition) is 4. The van der Waals surface area contributed by atoms with E-state index in [0.717, 1.165) is 23.7 Å². The fourth-order valence-electron chi connectivity index (χ4n) is 1.10. The second-order valence-corrected chi connectivity index (χ2v) is 4.38. The quantitative estimate of drug-likeness (QED) is 0.795. The predicted octanol–water partition coefficient (Wildman–Crippen LogP) is 1.23. The van der Waals surface area contributed by atoms with Crippen LogP contribution >= 0.6 is 11.3 Å². The van der Waals surface area contributed by atoms with E-state index in [9.17, 15) is 4.79 Å². The molecule has 3 N–H and O–H groups in total. The van der Waals surface area contributed by atoms with Crippen molar-refractivity contribution < 1.29 is 4.79 Å². The van der Waals surface area contributed by atoms with Crippen LogP contribution in [-0.2, 0) is 11.2 Å². The first kappa shape index (κ1) is 12.1. The van der Waals surface area contributed by atoms with E-state index in [0.29, 0.717) is 6.42 Å². The lowest BCUT2D eigenvalue weighted by atomic mass is 10.3. The van der Waals surface area contributed by atoms with Crippen LogP contribution in [0.25, 0.3) is 0 Å². The Hall–Kier alpha value is -0.940. The molecule has 0 aromatic carbocycles. The summed E-state index contributed by atoms with van der Waals surface area (Å²) in [4.78, 5) is 15.7. The summed E-state index contributed by atoms with van der Waals surface area (Å²) in [5.41, 5.74) is 6.49. The molecule has 0 radical (unpaired) electrons. The number of rotatable bonds is 5. The minimum atomic E-state index is -0.0533. The molecular weight excluding hydrogens is 210 g/mol. The fourth-order valence-corrected chi connectivity index (χ4v) is 1.88. The smallest absolute Gasteiger partial charge is 0.226 e. The molecule has 1 heterocycles. The van der Waals surface area contributed by atoms with Crippen LogP contribution in [-0.4, -0.2) is 17.4 Å². The van der Waals surface area contributed by atoms with Crippen molar-refractivity contribution in [1.29, 1.82) is 0 Å². The van der Waals surface area contributed by atoms with Gasteiger partial charge in [-0.05, 0) is 13.3 Å². The molecule has 1 aromatic rings. The van der Waals surface area contributed by atoms with Crippen molar-refractivity contribution in [1.82, 2.24) is 10.3 Å². The van der Waals surface area contributed by atoms with Gasteiger partial charge in [0.2, 0.25) is 5.91 Å². The van der Waals surface area contributed by atoms with Gasteiger partial charge in [-0.15, -0.1) is 11.3 Å². The number of amides is 1. The van der Waals surface area contributed by atoms with Crippen molar-refractivity contribution in [3.8, 4) is 0 Å². The first-order chi connectivity index (χ1) is 7.13. The molecule has 1 rings (SSSR count). The third-order valence-corrected chi connectivity index (χ3v) is 2.97. The largest absolute Gasteiger partial charge is 0.356 e. The van der Waals surface area contributed by atoms with Crippen molar-refractivity contribution >= 4 is 17.2 Å². The Balaban J connectivity index is 2.46.